The van der Waals surface area contributed by atoms with Gasteiger partial charge in [-0.25, -0.2) is 4.79 Å². The van der Waals surface area contributed by atoms with Crippen molar-refractivity contribution < 1.29 is 28.6 Å². The quantitative estimate of drug-likeness (QED) is 0.386. The Morgan fingerprint density at radius 2 is 2.00 bits per heavy atom. The maximum absolute atomic E-state index is 13.8. The molecule has 1 saturated heterocycles. The number of hydrogen-bond donors (Lipinski definition) is 2. The fourth-order valence-corrected chi connectivity index (χ4v) is 5.10. The molecule has 34 heavy (non-hydrogen) atoms. The van der Waals surface area contributed by atoms with E-state index in [2.05, 4.69) is 45.8 Å². The van der Waals surface area contributed by atoms with Gasteiger partial charge >= 0.3 is 6.09 Å². The second-order valence-corrected chi connectivity index (χ2v) is 15.8. The molecule has 2 fully saturated rings. The molecule has 188 valence electrons. The lowest BCUT2D eigenvalue weighted by Crippen LogP contribution is -2.46. The Kier molecular flexibility index (Phi) is 7.38. The van der Waals surface area contributed by atoms with Crippen LogP contribution in [0.1, 0.15) is 50.4 Å². The lowest BCUT2D eigenvalue weighted by Gasteiger charge is -2.38. The van der Waals surface area contributed by atoms with Crippen LogP contribution < -0.4 is 10.1 Å². The van der Waals surface area contributed by atoms with Crippen molar-refractivity contribution in [2.45, 2.75) is 64.2 Å². The minimum absolute atomic E-state index is 0.0265. The van der Waals surface area contributed by atoms with E-state index in [9.17, 15) is 14.7 Å². The smallest absolute Gasteiger partial charge is 0.411 e. The molecule has 1 aromatic rings. The second-order valence-electron chi connectivity index (χ2n) is 10.9. The maximum Gasteiger partial charge on any atom is 0.411 e. The average molecular weight is 491 g/mol. The highest BCUT2D eigenvalue weighted by molar-refractivity contribution is 6.74. The molecule has 2 aliphatic rings. The standard InChI is InChI=1S/C25H38N2O6Si/c1-8-11-32-23(30)26-19-13-20(28)21(31-5)12-18(19)22(29)27-16-25(9-10-25)14-17(27)15-33-34(6,7)24(2,3)4/h8,12-13,17,28H,1,9-11,14-16H2,2-7H3,(H,26,30)/t17-/m0/s1. The molecule has 1 atom stereocenters. The first kappa shape index (κ1) is 26.1. The summed E-state index contributed by atoms with van der Waals surface area (Å²) in [5, 5.41) is 12.9. The Morgan fingerprint density at radius 3 is 2.56 bits per heavy atom. The van der Waals surface area contributed by atoms with Crippen molar-refractivity contribution in [3.8, 4) is 11.5 Å². The van der Waals surface area contributed by atoms with Crippen LogP contribution in [-0.2, 0) is 9.16 Å². The van der Waals surface area contributed by atoms with Crippen LogP contribution in [0.4, 0.5) is 10.5 Å². The molecule has 1 aliphatic heterocycles. The number of likely N-dealkylation sites (tertiary alicyclic amines) is 1. The van der Waals surface area contributed by atoms with Gasteiger partial charge in [-0.1, -0.05) is 33.4 Å². The number of amides is 2. The normalized spacial score (nSPS) is 19.1. The number of carbonyl (C=O) groups is 2. The molecule has 2 N–H and O–H groups in total. The first-order chi connectivity index (χ1) is 15.8. The Morgan fingerprint density at radius 1 is 1.32 bits per heavy atom. The van der Waals surface area contributed by atoms with E-state index in [4.69, 9.17) is 13.9 Å². The van der Waals surface area contributed by atoms with Gasteiger partial charge in [0.25, 0.3) is 5.91 Å². The largest absolute Gasteiger partial charge is 0.504 e. The number of nitrogens with one attached hydrogen (secondary N) is 1. The first-order valence-corrected chi connectivity index (χ1v) is 14.6. The number of hydrogen-bond acceptors (Lipinski definition) is 6. The van der Waals surface area contributed by atoms with E-state index in [1.165, 1.54) is 25.3 Å². The van der Waals surface area contributed by atoms with Crippen LogP contribution >= 0.6 is 0 Å². The van der Waals surface area contributed by atoms with Crippen LogP contribution in [0.25, 0.3) is 0 Å². The molecule has 8 nitrogen and oxygen atoms in total. The van der Waals surface area contributed by atoms with Crippen LogP contribution in [-0.4, -0.2) is 63.2 Å². The summed E-state index contributed by atoms with van der Waals surface area (Å²) in [6.45, 7) is 15.7. The van der Waals surface area contributed by atoms with Crippen molar-refractivity contribution in [3.63, 3.8) is 0 Å². The molecule has 3 rings (SSSR count). The number of benzene rings is 1. The minimum atomic E-state index is -1.98. The molecule has 1 aromatic carbocycles. The number of ether oxygens (including phenoxy) is 2. The number of anilines is 1. The molecule has 9 heteroatoms. The molecular formula is C25H38N2O6Si. The first-order valence-electron chi connectivity index (χ1n) is 11.7. The molecule has 2 amide bonds. The number of phenolic OH excluding ortho intramolecular Hbond substituents is 1. The average Bonchev–Trinajstić information content (AvgIpc) is 3.40. The fourth-order valence-electron chi connectivity index (χ4n) is 4.06. The Hall–Kier alpha value is -2.52. The summed E-state index contributed by atoms with van der Waals surface area (Å²) in [6.07, 6.45) is 3.82. The summed E-state index contributed by atoms with van der Waals surface area (Å²) >= 11 is 0. The third kappa shape index (κ3) is 5.58. The maximum atomic E-state index is 13.8. The molecule has 0 radical (unpaired) electrons. The molecule has 1 heterocycles. The van der Waals surface area contributed by atoms with Crippen molar-refractivity contribution >= 4 is 26.0 Å². The monoisotopic (exact) mass is 490 g/mol. The van der Waals surface area contributed by atoms with Gasteiger partial charge < -0.3 is 23.9 Å². The zero-order chi connectivity index (χ0) is 25.3. The van der Waals surface area contributed by atoms with Gasteiger partial charge in [0.05, 0.1) is 31.0 Å². The van der Waals surface area contributed by atoms with Crippen LogP contribution in [0.15, 0.2) is 24.8 Å². The molecular weight excluding hydrogens is 452 g/mol. The molecule has 1 aliphatic carbocycles. The Balaban J connectivity index is 1.88. The molecule has 1 spiro atoms. The van der Waals surface area contributed by atoms with Crippen molar-refractivity contribution in [3.05, 3.63) is 30.4 Å². The van der Waals surface area contributed by atoms with Crippen molar-refractivity contribution in [1.29, 1.82) is 0 Å². The van der Waals surface area contributed by atoms with Gasteiger partial charge in [0.1, 0.15) is 6.61 Å². The van der Waals surface area contributed by atoms with Crippen molar-refractivity contribution in [2.24, 2.45) is 5.41 Å². The van der Waals surface area contributed by atoms with E-state index in [1.54, 1.807) is 0 Å². The third-order valence-electron chi connectivity index (χ3n) is 7.39. The lowest BCUT2D eigenvalue weighted by molar-refractivity contribution is 0.0680. The van der Waals surface area contributed by atoms with Crippen LogP contribution in [0.2, 0.25) is 18.1 Å². The van der Waals surface area contributed by atoms with E-state index >= 15 is 0 Å². The van der Waals surface area contributed by atoms with E-state index in [1.807, 2.05) is 4.90 Å². The van der Waals surface area contributed by atoms with Crippen molar-refractivity contribution in [1.82, 2.24) is 4.90 Å². The van der Waals surface area contributed by atoms with Gasteiger partial charge in [-0.3, -0.25) is 10.1 Å². The van der Waals surface area contributed by atoms with Crippen LogP contribution in [0.5, 0.6) is 11.5 Å². The van der Waals surface area contributed by atoms with Crippen LogP contribution in [0, 0.1) is 5.41 Å². The number of phenols is 1. The van der Waals surface area contributed by atoms with Gasteiger partial charge in [0.15, 0.2) is 19.8 Å². The van der Waals surface area contributed by atoms with Crippen LogP contribution in [0.3, 0.4) is 0 Å². The highest BCUT2D eigenvalue weighted by Crippen LogP contribution is 2.55. The van der Waals surface area contributed by atoms with Gasteiger partial charge in [0, 0.05) is 12.6 Å². The number of aromatic hydroxyl groups is 1. The summed E-state index contributed by atoms with van der Waals surface area (Å²) in [5.74, 6) is -0.261. The predicted octanol–water partition coefficient (Wildman–Crippen LogP) is 5.15. The van der Waals surface area contributed by atoms with E-state index < -0.39 is 14.4 Å². The predicted molar refractivity (Wildman–Crippen MR) is 134 cm³/mol. The Bertz CT molecular complexity index is 951. The van der Waals surface area contributed by atoms with Gasteiger partial charge in [-0.05, 0) is 48.9 Å². The second kappa shape index (κ2) is 9.62. The van der Waals surface area contributed by atoms with Crippen molar-refractivity contribution in [2.75, 3.05) is 32.2 Å². The van der Waals surface area contributed by atoms with Gasteiger partial charge in [-0.15, -0.1) is 0 Å². The fraction of sp³-hybridized carbons (Fsp3) is 0.600. The lowest BCUT2D eigenvalue weighted by atomic mass is 10.0. The minimum Gasteiger partial charge on any atom is -0.504 e. The number of carbonyl (C=O) groups excluding carboxylic acids is 2. The third-order valence-corrected chi connectivity index (χ3v) is 11.9. The topological polar surface area (TPSA) is 97.3 Å². The molecule has 0 bridgehead atoms. The molecule has 0 aromatic heterocycles. The number of methoxy groups -OCH3 is 1. The number of nitrogens with zero attached hydrogens (tertiary/aromatic N) is 1. The SMILES string of the molecule is C=CCOC(=O)Nc1cc(O)c(OC)cc1C(=O)N1CC2(CC2)C[C@H]1CO[Si](C)(C)C(C)(C)C. The van der Waals surface area contributed by atoms with E-state index in [0.29, 0.717) is 13.2 Å². The van der Waals surface area contributed by atoms with Gasteiger partial charge in [-0.2, -0.15) is 0 Å². The van der Waals surface area contributed by atoms with E-state index in [0.717, 1.165) is 19.3 Å². The summed E-state index contributed by atoms with van der Waals surface area (Å²) in [6, 6.07) is 2.72. The van der Waals surface area contributed by atoms with Gasteiger partial charge in [0.2, 0.25) is 0 Å². The molecule has 1 saturated carbocycles. The summed E-state index contributed by atoms with van der Waals surface area (Å²) in [5.41, 5.74) is 0.563. The summed E-state index contributed by atoms with van der Waals surface area (Å²) in [7, 11) is -0.566. The summed E-state index contributed by atoms with van der Waals surface area (Å²) in [4.78, 5) is 27.9. The number of rotatable bonds is 8. The molecule has 0 unspecified atom stereocenters. The highest BCUT2D eigenvalue weighted by Gasteiger charge is 2.54. The highest BCUT2D eigenvalue weighted by atomic mass is 28.4. The summed E-state index contributed by atoms with van der Waals surface area (Å²) < 4.78 is 16.7. The zero-order valence-electron chi connectivity index (χ0n) is 21.2. The zero-order valence-corrected chi connectivity index (χ0v) is 22.2. The Labute approximate surface area is 203 Å². The van der Waals surface area contributed by atoms with E-state index in [-0.39, 0.29) is 51.8 Å².